The summed E-state index contributed by atoms with van der Waals surface area (Å²) in [5, 5.41) is 0. The van der Waals surface area contributed by atoms with Crippen molar-refractivity contribution in [1.29, 1.82) is 0 Å². The highest BCUT2D eigenvalue weighted by molar-refractivity contribution is 8.00. The van der Waals surface area contributed by atoms with E-state index in [0.29, 0.717) is 18.8 Å². The number of hydrogen-bond donors (Lipinski definition) is 0. The Morgan fingerprint density at radius 3 is 2.58 bits per heavy atom. The van der Waals surface area contributed by atoms with Crippen LogP contribution in [0.25, 0.3) is 0 Å². The molecule has 0 heterocycles. The van der Waals surface area contributed by atoms with Crippen LogP contribution >= 0.6 is 11.8 Å². The van der Waals surface area contributed by atoms with Gasteiger partial charge in [0.15, 0.2) is 0 Å². The van der Waals surface area contributed by atoms with Crippen LogP contribution in [0.1, 0.15) is 19.8 Å². The first-order chi connectivity index (χ1) is 5.60. The molecule has 70 valence electrons. The Hall–Kier alpha value is -0.0500. The van der Waals surface area contributed by atoms with Crippen molar-refractivity contribution in [1.82, 2.24) is 0 Å². The van der Waals surface area contributed by atoms with Crippen LogP contribution in [0.5, 0.6) is 0 Å². The van der Waals surface area contributed by atoms with Gasteiger partial charge in [-0.15, -0.1) is 0 Å². The summed E-state index contributed by atoms with van der Waals surface area (Å²) in [6, 6.07) is 0. The first kappa shape index (κ1) is 10.0. The lowest BCUT2D eigenvalue weighted by Crippen LogP contribution is -2.36. The molecule has 0 nitrogen and oxygen atoms in total. The fraction of sp³-hybridized carbons (Fsp3) is 0.778. The van der Waals surface area contributed by atoms with Gasteiger partial charge in [0.1, 0.15) is 0 Å². The number of halogens is 2. The van der Waals surface area contributed by atoms with Crippen molar-refractivity contribution >= 4 is 11.8 Å². The van der Waals surface area contributed by atoms with Gasteiger partial charge in [-0.1, -0.05) is 19.1 Å². The van der Waals surface area contributed by atoms with Gasteiger partial charge in [0.05, 0.1) is 4.75 Å². The molecule has 0 aromatic heterocycles. The summed E-state index contributed by atoms with van der Waals surface area (Å²) >= 11 is 1.30. The third-order valence-electron chi connectivity index (χ3n) is 2.40. The van der Waals surface area contributed by atoms with Crippen molar-refractivity contribution in [3.8, 4) is 0 Å². The molecule has 1 aliphatic carbocycles. The fourth-order valence-corrected chi connectivity index (χ4v) is 2.50. The molecule has 0 saturated carbocycles. The number of thioether (sulfide) groups is 1. The Bertz CT molecular complexity index is 179. The van der Waals surface area contributed by atoms with Crippen molar-refractivity contribution in [2.24, 2.45) is 5.92 Å². The zero-order chi connectivity index (χ0) is 9.19. The predicted octanol–water partition coefficient (Wildman–Crippen LogP) is 3.34. The average molecular weight is 192 g/mol. The normalized spacial score (nSPS) is 35.9. The molecule has 0 amide bonds. The Kier molecular flexibility index (Phi) is 3.16. The molecule has 3 heteroatoms. The van der Waals surface area contributed by atoms with Gasteiger partial charge in [-0.3, -0.25) is 0 Å². The standard InChI is InChI=1S/C9H14F2S/c1-7-4-3-5-9(6-7,12-2)8(10)11/h3-4,7-8H,5-6H2,1-2H3. The highest BCUT2D eigenvalue weighted by atomic mass is 32.2. The van der Waals surface area contributed by atoms with E-state index >= 15 is 0 Å². The highest BCUT2D eigenvalue weighted by Crippen LogP contribution is 2.42. The molecule has 12 heavy (non-hydrogen) atoms. The smallest absolute Gasteiger partial charge is 0.209 e. The van der Waals surface area contributed by atoms with Gasteiger partial charge >= 0.3 is 0 Å². The van der Waals surface area contributed by atoms with E-state index in [2.05, 4.69) is 0 Å². The van der Waals surface area contributed by atoms with Crippen LogP contribution in [-0.2, 0) is 0 Å². The monoisotopic (exact) mass is 192 g/mol. The third kappa shape index (κ3) is 1.82. The van der Waals surface area contributed by atoms with Gasteiger partial charge in [0.25, 0.3) is 6.43 Å². The average Bonchev–Trinajstić information content (AvgIpc) is 2.04. The van der Waals surface area contributed by atoms with E-state index in [9.17, 15) is 8.78 Å². The van der Waals surface area contributed by atoms with E-state index in [-0.39, 0.29) is 0 Å². The lowest BCUT2D eigenvalue weighted by molar-refractivity contribution is 0.0874. The molecule has 2 unspecified atom stereocenters. The number of rotatable bonds is 2. The van der Waals surface area contributed by atoms with Crippen molar-refractivity contribution in [3.05, 3.63) is 12.2 Å². The zero-order valence-electron chi connectivity index (χ0n) is 7.39. The first-order valence-corrected chi connectivity index (χ1v) is 5.33. The van der Waals surface area contributed by atoms with Crippen LogP contribution in [-0.4, -0.2) is 17.4 Å². The molecule has 0 saturated heterocycles. The van der Waals surface area contributed by atoms with E-state index in [1.165, 1.54) is 11.8 Å². The largest absolute Gasteiger partial charge is 0.253 e. The molecule has 0 spiro atoms. The van der Waals surface area contributed by atoms with Crippen LogP contribution in [0, 0.1) is 5.92 Å². The van der Waals surface area contributed by atoms with Crippen LogP contribution in [0.3, 0.4) is 0 Å². The van der Waals surface area contributed by atoms with Crippen molar-refractivity contribution in [2.75, 3.05) is 6.26 Å². The maximum Gasteiger partial charge on any atom is 0.253 e. The molecule has 0 aromatic carbocycles. The topological polar surface area (TPSA) is 0 Å². The van der Waals surface area contributed by atoms with E-state index < -0.39 is 11.2 Å². The minimum Gasteiger partial charge on any atom is -0.209 e. The molecule has 2 atom stereocenters. The van der Waals surface area contributed by atoms with Gasteiger partial charge in [-0.05, 0) is 25.0 Å². The fourth-order valence-electron chi connectivity index (χ4n) is 1.63. The predicted molar refractivity (Wildman–Crippen MR) is 49.8 cm³/mol. The molecule has 0 bridgehead atoms. The maximum atomic E-state index is 12.7. The van der Waals surface area contributed by atoms with Gasteiger partial charge in [-0.2, -0.15) is 11.8 Å². The summed E-state index contributed by atoms with van der Waals surface area (Å²) < 4.78 is 24.6. The second-order valence-electron chi connectivity index (χ2n) is 3.38. The van der Waals surface area contributed by atoms with Gasteiger partial charge in [0, 0.05) is 0 Å². The number of alkyl halides is 2. The summed E-state index contributed by atoms with van der Waals surface area (Å²) in [6.45, 7) is 1.99. The summed E-state index contributed by atoms with van der Waals surface area (Å²) in [4.78, 5) is 0. The molecular formula is C9H14F2S. The Labute approximate surface area is 76.4 Å². The molecule has 1 aliphatic rings. The van der Waals surface area contributed by atoms with Crippen molar-refractivity contribution in [2.45, 2.75) is 30.9 Å². The Morgan fingerprint density at radius 1 is 1.58 bits per heavy atom. The minimum absolute atomic E-state index is 0.292. The summed E-state index contributed by atoms with van der Waals surface area (Å²) in [7, 11) is 0. The Balaban J connectivity index is 2.74. The van der Waals surface area contributed by atoms with Crippen LogP contribution in [0.2, 0.25) is 0 Å². The lowest BCUT2D eigenvalue weighted by Gasteiger charge is -2.34. The van der Waals surface area contributed by atoms with Crippen molar-refractivity contribution in [3.63, 3.8) is 0 Å². The van der Waals surface area contributed by atoms with Gasteiger partial charge in [-0.25, -0.2) is 8.78 Å². The van der Waals surface area contributed by atoms with E-state index in [1.807, 2.05) is 19.1 Å². The summed E-state index contributed by atoms with van der Waals surface area (Å²) in [6.07, 6.45) is 4.59. The third-order valence-corrected chi connectivity index (χ3v) is 3.72. The van der Waals surface area contributed by atoms with Gasteiger partial charge in [0.2, 0.25) is 0 Å². The quantitative estimate of drug-likeness (QED) is 0.605. The maximum absolute atomic E-state index is 12.7. The van der Waals surface area contributed by atoms with Crippen LogP contribution in [0.15, 0.2) is 12.2 Å². The number of hydrogen-bond acceptors (Lipinski definition) is 1. The summed E-state index contributed by atoms with van der Waals surface area (Å²) in [5.74, 6) is 0.292. The van der Waals surface area contributed by atoms with E-state index in [0.717, 1.165) is 0 Å². The SMILES string of the molecule is CSC1(C(F)F)CC=CC(C)C1. The second kappa shape index (κ2) is 3.77. The minimum atomic E-state index is -2.21. The highest BCUT2D eigenvalue weighted by Gasteiger charge is 2.40. The zero-order valence-corrected chi connectivity index (χ0v) is 8.20. The molecule has 0 aromatic rings. The second-order valence-corrected chi connectivity index (χ2v) is 4.60. The van der Waals surface area contributed by atoms with Crippen LogP contribution in [0.4, 0.5) is 8.78 Å². The first-order valence-electron chi connectivity index (χ1n) is 4.11. The number of allylic oxidation sites excluding steroid dienone is 2. The lowest BCUT2D eigenvalue weighted by atomic mass is 9.87. The van der Waals surface area contributed by atoms with Gasteiger partial charge < -0.3 is 0 Å². The molecular weight excluding hydrogens is 178 g/mol. The van der Waals surface area contributed by atoms with Crippen molar-refractivity contribution < 1.29 is 8.78 Å². The summed E-state index contributed by atoms with van der Waals surface area (Å²) in [5.41, 5.74) is 0. The Morgan fingerprint density at radius 2 is 2.25 bits per heavy atom. The van der Waals surface area contributed by atoms with Crippen LogP contribution < -0.4 is 0 Å². The molecule has 0 fully saturated rings. The molecule has 0 aliphatic heterocycles. The van der Waals surface area contributed by atoms with E-state index in [4.69, 9.17) is 0 Å². The molecule has 0 N–H and O–H groups in total. The molecule has 0 radical (unpaired) electrons. The van der Waals surface area contributed by atoms with E-state index in [1.54, 1.807) is 6.26 Å². The molecule has 1 rings (SSSR count).